The Balaban J connectivity index is 1.96. The van der Waals surface area contributed by atoms with E-state index in [2.05, 4.69) is 40.8 Å². The van der Waals surface area contributed by atoms with Crippen molar-refractivity contribution in [3.63, 3.8) is 0 Å². The van der Waals surface area contributed by atoms with E-state index >= 15 is 0 Å². The molecule has 3 rings (SSSR count). The highest BCUT2D eigenvalue weighted by atomic mass is 16.5. The van der Waals surface area contributed by atoms with Crippen LogP contribution in [0.15, 0.2) is 22.9 Å². The van der Waals surface area contributed by atoms with Crippen molar-refractivity contribution < 1.29 is 4.52 Å². The zero-order valence-electron chi connectivity index (χ0n) is 13.4. The molecule has 0 radical (unpaired) electrons. The molecule has 6 heteroatoms. The second kappa shape index (κ2) is 5.68. The second-order valence-corrected chi connectivity index (χ2v) is 6.90. The van der Waals surface area contributed by atoms with Gasteiger partial charge in [-0.3, -0.25) is 0 Å². The van der Waals surface area contributed by atoms with Crippen LogP contribution in [0.3, 0.4) is 0 Å². The first kappa shape index (κ1) is 15.0. The molecular weight excluding hydrogens is 278 g/mol. The molecule has 2 aromatic heterocycles. The van der Waals surface area contributed by atoms with E-state index in [4.69, 9.17) is 10.3 Å². The quantitative estimate of drug-likeness (QED) is 0.917. The Hall–Kier alpha value is -1.95. The van der Waals surface area contributed by atoms with Crippen LogP contribution in [0.1, 0.15) is 39.4 Å². The van der Waals surface area contributed by atoms with E-state index in [0.717, 1.165) is 37.3 Å². The molecule has 22 heavy (non-hydrogen) atoms. The predicted octanol–water partition coefficient (Wildman–Crippen LogP) is 2.36. The third-order valence-corrected chi connectivity index (χ3v) is 3.87. The molecule has 0 bridgehead atoms. The lowest BCUT2D eigenvalue weighted by molar-refractivity contribution is 0.402. The van der Waals surface area contributed by atoms with Crippen molar-refractivity contribution in [3.05, 3.63) is 24.2 Å². The number of pyridine rings is 1. The summed E-state index contributed by atoms with van der Waals surface area (Å²) in [6, 6.07) is 4.06. The Labute approximate surface area is 130 Å². The van der Waals surface area contributed by atoms with Crippen molar-refractivity contribution >= 4 is 5.82 Å². The molecule has 0 amide bonds. The van der Waals surface area contributed by atoms with E-state index in [1.54, 1.807) is 6.20 Å². The molecule has 118 valence electrons. The highest BCUT2D eigenvalue weighted by Gasteiger charge is 2.25. The van der Waals surface area contributed by atoms with Gasteiger partial charge in [-0.1, -0.05) is 25.9 Å². The average molecular weight is 301 g/mol. The first-order chi connectivity index (χ1) is 10.4. The van der Waals surface area contributed by atoms with Gasteiger partial charge in [0.05, 0.1) is 5.56 Å². The van der Waals surface area contributed by atoms with E-state index in [9.17, 15) is 0 Å². The summed E-state index contributed by atoms with van der Waals surface area (Å²) in [6.45, 7) is 7.96. The molecule has 0 saturated carbocycles. The summed E-state index contributed by atoms with van der Waals surface area (Å²) in [6.07, 6.45) is 3.93. The molecule has 1 saturated heterocycles. The first-order valence-corrected chi connectivity index (χ1v) is 7.75. The molecule has 1 aliphatic heterocycles. The molecule has 3 heterocycles. The van der Waals surface area contributed by atoms with Crippen LogP contribution in [0.2, 0.25) is 0 Å². The van der Waals surface area contributed by atoms with E-state index < -0.39 is 0 Å². The molecule has 0 aliphatic carbocycles. The van der Waals surface area contributed by atoms with Crippen molar-refractivity contribution in [1.82, 2.24) is 15.1 Å². The van der Waals surface area contributed by atoms with Crippen LogP contribution in [0.5, 0.6) is 0 Å². The van der Waals surface area contributed by atoms with E-state index in [1.165, 1.54) is 0 Å². The Morgan fingerprint density at radius 3 is 2.86 bits per heavy atom. The first-order valence-electron chi connectivity index (χ1n) is 7.75. The molecule has 1 unspecified atom stereocenters. The van der Waals surface area contributed by atoms with Crippen molar-refractivity contribution in [2.75, 3.05) is 18.0 Å². The molecule has 2 N–H and O–H groups in total. The zero-order valence-corrected chi connectivity index (χ0v) is 13.4. The monoisotopic (exact) mass is 301 g/mol. The highest BCUT2D eigenvalue weighted by Crippen LogP contribution is 2.30. The van der Waals surface area contributed by atoms with Crippen LogP contribution in [-0.2, 0) is 5.41 Å². The smallest absolute Gasteiger partial charge is 0.261 e. The van der Waals surface area contributed by atoms with Gasteiger partial charge >= 0.3 is 0 Å². The number of anilines is 1. The molecule has 0 aromatic carbocycles. The summed E-state index contributed by atoms with van der Waals surface area (Å²) in [7, 11) is 0. The van der Waals surface area contributed by atoms with Crippen LogP contribution in [0.4, 0.5) is 5.82 Å². The van der Waals surface area contributed by atoms with Gasteiger partial charge in [-0.05, 0) is 25.0 Å². The summed E-state index contributed by atoms with van der Waals surface area (Å²) in [5.74, 6) is 2.10. The minimum Gasteiger partial charge on any atom is -0.354 e. The van der Waals surface area contributed by atoms with E-state index in [0.29, 0.717) is 11.7 Å². The Kier molecular flexibility index (Phi) is 3.87. The van der Waals surface area contributed by atoms with Gasteiger partial charge in [0.2, 0.25) is 0 Å². The summed E-state index contributed by atoms with van der Waals surface area (Å²) < 4.78 is 5.48. The Bertz CT molecular complexity index is 646. The Morgan fingerprint density at radius 1 is 1.36 bits per heavy atom. The number of hydrogen-bond acceptors (Lipinski definition) is 6. The van der Waals surface area contributed by atoms with Gasteiger partial charge in [-0.25, -0.2) is 4.98 Å². The number of nitrogens with zero attached hydrogens (tertiary/aromatic N) is 4. The van der Waals surface area contributed by atoms with Crippen LogP contribution >= 0.6 is 0 Å². The molecule has 0 spiro atoms. The second-order valence-electron chi connectivity index (χ2n) is 6.90. The van der Waals surface area contributed by atoms with E-state index in [-0.39, 0.29) is 11.5 Å². The van der Waals surface area contributed by atoms with Crippen molar-refractivity contribution in [1.29, 1.82) is 0 Å². The number of aromatic nitrogens is 3. The van der Waals surface area contributed by atoms with Gasteiger partial charge in [-0.2, -0.15) is 4.98 Å². The van der Waals surface area contributed by atoms with Crippen LogP contribution in [-0.4, -0.2) is 34.3 Å². The maximum absolute atomic E-state index is 6.09. The molecule has 2 aromatic rings. The lowest BCUT2D eigenvalue weighted by Crippen LogP contribution is -2.43. The SMILES string of the molecule is CC(C)(C)c1noc(-c2cccnc2N2CCCC(N)C2)n1. The molecule has 6 nitrogen and oxygen atoms in total. The van der Waals surface area contributed by atoms with Gasteiger partial charge in [0.25, 0.3) is 5.89 Å². The number of rotatable bonds is 2. The lowest BCUT2D eigenvalue weighted by atomic mass is 9.96. The zero-order chi connectivity index (χ0) is 15.7. The van der Waals surface area contributed by atoms with Gasteiger partial charge in [0, 0.05) is 30.7 Å². The van der Waals surface area contributed by atoms with Crippen LogP contribution < -0.4 is 10.6 Å². The minimum atomic E-state index is -0.141. The maximum atomic E-state index is 6.09. The number of piperidine rings is 1. The van der Waals surface area contributed by atoms with Crippen molar-refractivity contribution in [2.24, 2.45) is 5.73 Å². The third-order valence-electron chi connectivity index (χ3n) is 3.87. The summed E-state index contributed by atoms with van der Waals surface area (Å²) in [5.41, 5.74) is 6.82. The van der Waals surface area contributed by atoms with Gasteiger partial charge < -0.3 is 15.2 Å². The molecule has 1 atom stereocenters. The minimum absolute atomic E-state index is 0.141. The lowest BCUT2D eigenvalue weighted by Gasteiger charge is -2.32. The van der Waals surface area contributed by atoms with Crippen LogP contribution in [0, 0.1) is 0 Å². The van der Waals surface area contributed by atoms with Crippen molar-refractivity contribution in [2.45, 2.75) is 45.1 Å². The maximum Gasteiger partial charge on any atom is 0.261 e. The summed E-state index contributed by atoms with van der Waals surface area (Å²) in [4.78, 5) is 11.3. The topological polar surface area (TPSA) is 81.1 Å². The predicted molar refractivity (Wildman–Crippen MR) is 85.7 cm³/mol. The fourth-order valence-corrected chi connectivity index (χ4v) is 2.66. The third kappa shape index (κ3) is 2.97. The van der Waals surface area contributed by atoms with Gasteiger partial charge in [-0.15, -0.1) is 0 Å². The molecule has 1 aliphatic rings. The summed E-state index contributed by atoms with van der Waals surface area (Å²) >= 11 is 0. The molecule has 1 fully saturated rings. The molecular formula is C16H23N5O. The highest BCUT2D eigenvalue weighted by molar-refractivity contribution is 5.69. The fourth-order valence-electron chi connectivity index (χ4n) is 2.66. The van der Waals surface area contributed by atoms with Gasteiger partial charge in [0.15, 0.2) is 5.82 Å². The van der Waals surface area contributed by atoms with Crippen molar-refractivity contribution in [3.8, 4) is 11.5 Å². The van der Waals surface area contributed by atoms with E-state index in [1.807, 2.05) is 12.1 Å². The fraction of sp³-hybridized carbons (Fsp3) is 0.562. The number of nitrogens with two attached hydrogens (primary N) is 1. The summed E-state index contributed by atoms with van der Waals surface area (Å²) in [5, 5.41) is 4.11. The number of hydrogen-bond donors (Lipinski definition) is 1. The standard InChI is InChI=1S/C16H23N5O/c1-16(2,3)15-19-14(22-20-15)12-7-4-8-18-13(12)21-9-5-6-11(17)10-21/h4,7-8,11H,5-6,9-10,17H2,1-3H3. The Morgan fingerprint density at radius 2 is 2.18 bits per heavy atom. The average Bonchev–Trinajstić information content (AvgIpc) is 2.97. The van der Waals surface area contributed by atoms with Crippen LogP contribution in [0.25, 0.3) is 11.5 Å². The largest absolute Gasteiger partial charge is 0.354 e. The normalized spacial score (nSPS) is 19.5. The van der Waals surface area contributed by atoms with Gasteiger partial charge in [0.1, 0.15) is 5.82 Å².